The van der Waals surface area contributed by atoms with Crippen LogP contribution in [0.4, 0.5) is 0 Å². The SMILES string of the molecule is CCN(CC)Cc1ccc(CNC(C)C(C)(C)O)cc1. The zero-order valence-electron chi connectivity index (χ0n) is 13.6. The molecule has 1 unspecified atom stereocenters. The van der Waals surface area contributed by atoms with Gasteiger partial charge in [-0.3, -0.25) is 4.90 Å². The van der Waals surface area contributed by atoms with Gasteiger partial charge in [-0.05, 0) is 45.0 Å². The van der Waals surface area contributed by atoms with Gasteiger partial charge in [-0.25, -0.2) is 0 Å². The molecule has 1 atom stereocenters. The summed E-state index contributed by atoms with van der Waals surface area (Å²) in [6.45, 7) is 14.0. The molecule has 0 aliphatic carbocycles. The van der Waals surface area contributed by atoms with E-state index in [9.17, 15) is 5.11 Å². The van der Waals surface area contributed by atoms with E-state index in [1.807, 2.05) is 20.8 Å². The highest BCUT2D eigenvalue weighted by molar-refractivity contribution is 5.22. The Kier molecular flexibility index (Phi) is 6.66. The maximum Gasteiger partial charge on any atom is 0.0741 e. The minimum absolute atomic E-state index is 0.0675. The molecule has 0 fully saturated rings. The number of aliphatic hydroxyl groups is 1. The van der Waals surface area contributed by atoms with Gasteiger partial charge in [0.1, 0.15) is 0 Å². The molecule has 0 radical (unpaired) electrons. The Balaban J connectivity index is 2.50. The predicted molar refractivity (Wildman–Crippen MR) is 85.7 cm³/mol. The summed E-state index contributed by atoms with van der Waals surface area (Å²) < 4.78 is 0. The molecule has 0 aliphatic heterocycles. The lowest BCUT2D eigenvalue weighted by molar-refractivity contribution is 0.0437. The fraction of sp³-hybridized carbons (Fsp3) is 0.647. The van der Waals surface area contributed by atoms with E-state index in [2.05, 4.69) is 48.3 Å². The Morgan fingerprint density at radius 1 is 1.10 bits per heavy atom. The molecule has 0 aromatic heterocycles. The van der Waals surface area contributed by atoms with Crippen molar-refractivity contribution >= 4 is 0 Å². The van der Waals surface area contributed by atoms with Crippen LogP contribution in [0.2, 0.25) is 0 Å². The van der Waals surface area contributed by atoms with E-state index in [4.69, 9.17) is 0 Å². The molecule has 2 N–H and O–H groups in total. The number of nitrogens with zero attached hydrogens (tertiary/aromatic N) is 1. The largest absolute Gasteiger partial charge is 0.389 e. The molecular weight excluding hydrogens is 248 g/mol. The Morgan fingerprint density at radius 2 is 1.60 bits per heavy atom. The predicted octanol–water partition coefficient (Wildman–Crippen LogP) is 2.78. The lowest BCUT2D eigenvalue weighted by Gasteiger charge is -2.27. The van der Waals surface area contributed by atoms with E-state index in [1.165, 1.54) is 11.1 Å². The maximum atomic E-state index is 9.89. The van der Waals surface area contributed by atoms with Crippen molar-refractivity contribution in [3.63, 3.8) is 0 Å². The second-order valence-corrected chi connectivity index (χ2v) is 6.03. The fourth-order valence-corrected chi connectivity index (χ4v) is 1.99. The van der Waals surface area contributed by atoms with Gasteiger partial charge in [-0.1, -0.05) is 38.1 Å². The molecule has 0 aliphatic rings. The Morgan fingerprint density at radius 3 is 2.05 bits per heavy atom. The van der Waals surface area contributed by atoms with E-state index in [1.54, 1.807) is 0 Å². The second kappa shape index (κ2) is 7.77. The maximum absolute atomic E-state index is 9.89. The first-order chi connectivity index (χ1) is 9.36. The third kappa shape index (κ3) is 5.61. The van der Waals surface area contributed by atoms with Crippen molar-refractivity contribution < 1.29 is 5.11 Å². The fourth-order valence-electron chi connectivity index (χ4n) is 1.99. The summed E-state index contributed by atoms with van der Waals surface area (Å²) in [6.07, 6.45) is 0. The molecule has 3 heteroatoms. The van der Waals surface area contributed by atoms with E-state index in [0.717, 1.165) is 26.2 Å². The molecule has 0 heterocycles. The van der Waals surface area contributed by atoms with Crippen LogP contribution in [0.1, 0.15) is 45.7 Å². The number of hydrogen-bond donors (Lipinski definition) is 2. The summed E-state index contributed by atoms with van der Waals surface area (Å²) >= 11 is 0. The number of benzene rings is 1. The van der Waals surface area contributed by atoms with Crippen LogP contribution in [-0.2, 0) is 13.1 Å². The number of nitrogens with one attached hydrogen (secondary N) is 1. The molecule has 1 aromatic rings. The first-order valence-electron chi connectivity index (χ1n) is 7.62. The van der Waals surface area contributed by atoms with Gasteiger partial charge in [0.2, 0.25) is 0 Å². The van der Waals surface area contributed by atoms with Gasteiger partial charge in [0.05, 0.1) is 5.60 Å². The summed E-state index contributed by atoms with van der Waals surface area (Å²) in [6, 6.07) is 8.80. The van der Waals surface area contributed by atoms with Gasteiger partial charge in [0.15, 0.2) is 0 Å². The zero-order chi connectivity index (χ0) is 15.2. The van der Waals surface area contributed by atoms with Crippen LogP contribution in [0.5, 0.6) is 0 Å². The topological polar surface area (TPSA) is 35.5 Å². The standard InChI is InChI=1S/C17H30N2O/c1-6-19(7-2)13-16-10-8-15(9-11-16)12-18-14(3)17(4,5)20/h8-11,14,18,20H,6-7,12-13H2,1-5H3. The van der Waals surface area contributed by atoms with Crippen LogP contribution in [0.15, 0.2) is 24.3 Å². The molecule has 0 saturated carbocycles. The molecular formula is C17H30N2O. The van der Waals surface area contributed by atoms with Crippen LogP contribution < -0.4 is 5.32 Å². The first-order valence-corrected chi connectivity index (χ1v) is 7.62. The molecule has 0 spiro atoms. The van der Waals surface area contributed by atoms with Crippen LogP contribution in [0, 0.1) is 0 Å². The Bertz CT molecular complexity index is 377. The van der Waals surface area contributed by atoms with Gasteiger partial charge in [0, 0.05) is 19.1 Å². The first kappa shape index (κ1) is 17.2. The van der Waals surface area contributed by atoms with Crippen LogP contribution in [-0.4, -0.2) is 34.7 Å². The highest BCUT2D eigenvalue weighted by Gasteiger charge is 2.21. The van der Waals surface area contributed by atoms with E-state index in [0.29, 0.717) is 0 Å². The van der Waals surface area contributed by atoms with Crippen molar-refractivity contribution in [2.24, 2.45) is 0 Å². The molecule has 0 amide bonds. The van der Waals surface area contributed by atoms with Crippen molar-refractivity contribution in [2.75, 3.05) is 13.1 Å². The molecule has 1 aromatic carbocycles. The van der Waals surface area contributed by atoms with E-state index < -0.39 is 5.60 Å². The summed E-state index contributed by atoms with van der Waals surface area (Å²) in [7, 11) is 0. The second-order valence-electron chi connectivity index (χ2n) is 6.03. The molecule has 1 rings (SSSR count). The Hall–Kier alpha value is -0.900. The highest BCUT2D eigenvalue weighted by atomic mass is 16.3. The lowest BCUT2D eigenvalue weighted by atomic mass is 10.0. The van der Waals surface area contributed by atoms with Crippen LogP contribution in [0.3, 0.4) is 0 Å². The Labute approximate surface area is 124 Å². The van der Waals surface area contributed by atoms with Crippen molar-refractivity contribution in [1.82, 2.24) is 10.2 Å². The lowest BCUT2D eigenvalue weighted by Crippen LogP contribution is -2.44. The molecule has 0 saturated heterocycles. The van der Waals surface area contributed by atoms with Gasteiger partial charge < -0.3 is 10.4 Å². The van der Waals surface area contributed by atoms with Gasteiger partial charge in [-0.2, -0.15) is 0 Å². The van der Waals surface area contributed by atoms with E-state index >= 15 is 0 Å². The van der Waals surface area contributed by atoms with Crippen molar-refractivity contribution in [2.45, 2.75) is 59.4 Å². The van der Waals surface area contributed by atoms with Crippen LogP contribution >= 0.6 is 0 Å². The molecule has 114 valence electrons. The third-order valence-corrected chi connectivity index (χ3v) is 4.00. The minimum Gasteiger partial charge on any atom is -0.389 e. The normalized spacial score (nSPS) is 13.8. The summed E-state index contributed by atoms with van der Waals surface area (Å²) in [5.74, 6) is 0. The summed E-state index contributed by atoms with van der Waals surface area (Å²) in [4.78, 5) is 2.41. The molecule has 3 nitrogen and oxygen atoms in total. The number of rotatable bonds is 8. The minimum atomic E-state index is -0.692. The smallest absolute Gasteiger partial charge is 0.0741 e. The quantitative estimate of drug-likeness (QED) is 0.767. The van der Waals surface area contributed by atoms with Gasteiger partial charge in [0.25, 0.3) is 0 Å². The monoisotopic (exact) mass is 278 g/mol. The molecule has 20 heavy (non-hydrogen) atoms. The zero-order valence-corrected chi connectivity index (χ0v) is 13.6. The van der Waals surface area contributed by atoms with Crippen molar-refractivity contribution in [3.05, 3.63) is 35.4 Å². The van der Waals surface area contributed by atoms with Gasteiger partial charge >= 0.3 is 0 Å². The number of hydrogen-bond acceptors (Lipinski definition) is 3. The third-order valence-electron chi connectivity index (χ3n) is 4.00. The van der Waals surface area contributed by atoms with E-state index in [-0.39, 0.29) is 6.04 Å². The van der Waals surface area contributed by atoms with Crippen molar-refractivity contribution in [1.29, 1.82) is 0 Å². The van der Waals surface area contributed by atoms with Gasteiger partial charge in [-0.15, -0.1) is 0 Å². The van der Waals surface area contributed by atoms with Crippen molar-refractivity contribution in [3.8, 4) is 0 Å². The summed E-state index contributed by atoms with van der Waals surface area (Å²) in [5, 5.41) is 13.3. The highest BCUT2D eigenvalue weighted by Crippen LogP contribution is 2.10. The molecule has 0 bridgehead atoms. The average molecular weight is 278 g/mol. The average Bonchev–Trinajstić information content (AvgIpc) is 2.42. The van der Waals surface area contributed by atoms with Crippen LogP contribution in [0.25, 0.3) is 0 Å². The summed E-state index contributed by atoms with van der Waals surface area (Å²) in [5.41, 5.74) is 1.92.